The Hall–Kier alpha value is -7.38. The van der Waals surface area contributed by atoms with Crippen LogP contribution in [0.3, 0.4) is 0 Å². The van der Waals surface area contributed by atoms with E-state index in [1.54, 1.807) is 24.3 Å². The molecule has 0 radical (unpaired) electrons. The highest BCUT2D eigenvalue weighted by molar-refractivity contribution is 5.93. The van der Waals surface area contributed by atoms with E-state index < -0.39 is 11.9 Å². The predicted octanol–water partition coefficient (Wildman–Crippen LogP) is 8.27. The molecule has 0 bridgehead atoms. The van der Waals surface area contributed by atoms with Gasteiger partial charge in [-0.15, -0.1) is 0 Å². The molecule has 4 fully saturated rings. The molecule has 8 aromatic rings. The van der Waals surface area contributed by atoms with Gasteiger partial charge < -0.3 is 38.3 Å². The second-order valence-corrected chi connectivity index (χ2v) is 19.6. The van der Waals surface area contributed by atoms with Gasteiger partial charge in [-0.3, -0.25) is 19.2 Å². The molecule has 4 saturated heterocycles. The highest BCUT2D eigenvalue weighted by Crippen LogP contribution is 2.30. The molecule has 4 aliphatic rings. The molecular weight excluding hydrogens is 941 g/mol. The number of imidazole rings is 2. The molecule has 18 heteroatoms. The molecule has 12 rings (SSSR count). The number of para-hydroxylation sites is 2. The number of aromatic carboxylic acids is 2. The van der Waals surface area contributed by atoms with Crippen molar-refractivity contribution in [2.45, 2.75) is 102 Å². The van der Waals surface area contributed by atoms with Gasteiger partial charge in [-0.1, -0.05) is 36.4 Å². The van der Waals surface area contributed by atoms with Crippen molar-refractivity contribution in [2.75, 3.05) is 39.4 Å². The standard InChI is InChI=1S/2C28H31N5O4/c34-28(35)20-6-7-25-26(16-20)32(17-24-11-15-36-24)27(29-25)18-31-12-9-22(10-13-31)33-14-8-21(30-33)19-37-23-4-2-1-3-5-23;34-28(35)20-6-7-25-26(16-20)32(17-24-11-15-36-24)27(30-25)18-31-13-9-21(10-14-31)33-22(8-12-29-33)19-37-23-4-2-1-3-5-23/h1-8,14,16,22,24H,9-13,15,17-19H2,(H,34,35);1-8,12,16,21,24H,9-11,13-15,17-19H2,(H,34,35)/t2*24-/m00/s1. The number of carboxylic acids is 2. The van der Waals surface area contributed by atoms with Gasteiger partial charge in [-0.25, -0.2) is 19.6 Å². The van der Waals surface area contributed by atoms with Crippen molar-refractivity contribution in [3.63, 3.8) is 0 Å². The minimum atomic E-state index is -0.926. The van der Waals surface area contributed by atoms with Crippen molar-refractivity contribution in [3.8, 4) is 11.5 Å². The van der Waals surface area contributed by atoms with E-state index >= 15 is 0 Å². The second-order valence-electron chi connectivity index (χ2n) is 19.6. The van der Waals surface area contributed by atoms with Gasteiger partial charge in [0.25, 0.3) is 0 Å². The molecule has 74 heavy (non-hydrogen) atoms. The van der Waals surface area contributed by atoms with E-state index in [9.17, 15) is 19.8 Å². The molecule has 18 nitrogen and oxygen atoms in total. The number of likely N-dealkylation sites (tertiary alicyclic amines) is 2. The van der Waals surface area contributed by atoms with Crippen molar-refractivity contribution in [2.24, 2.45) is 0 Å². The first-order valence-corrected chi connectivity index (χ1v) is 25.8. The quantitative estimate of drug-likeness (QED) is 0.0836. The van der Waals surface area contributed by atoms with Crippen LogP contribution in [0.15, 0.2) is 122 Å². The van der Waals surface area contributed by atoms with Crippen LogP contribution in [0.5, 0.6) is 11.5 Å². The predicted molar refractivity (Wildman–Crippen MR) is 275 cm³/mol. The summed E-state index contributed by atoms with van der Waals surface area (Å²) in [7, 11) is 0. The Morgan fingerprint density at radius 2 is 1.09 bits per heavy atom. The molecule has 4 aliphatic heterocycles. The Balaban J connectivity index is 0.000000159. The Labute approximate surface area is 428 Å². The van der Waals surface area contributed by atoms with Gasteiger partial charge in [-0.2, -0.15) is 10.2 Å². The van der Waals surface area contributed by atoms with Crippen molar-refractivity contribution < 1.29 is 38.7 Å². The van der Waals surface area contributed by atoms with Gasteiger partial charge in [0.1, 0.15) is 36.4 Å². The number of carbonyl (C=O) groups is 2. The van der Waals surface area contributed by atoms with Gasteiger partial charge in [0, 0.05) is 51.8 Å². The summed E-state index contributed by atoms with van der Waals surface area (Å²) in [4.78, 5) is 37.7. The molecule has 0 unspecified atom stereocenters. The first kappa shape index (κ1) is 48.9. The molecular formula is C56H62N10O8. The minimum absolute atomic E-state index is 0.159. The molecule has 0 saturated carbocycles. The summed E-state index contributed by atoms with van der Waals surface area (Å²) in [6.45, 7) is 9.14. The minimum Gasteiger partial charge on any atom is -0.487 e. The summed E-state index contributed by atoms with van der Waals surface area (Å²) in [5, 5.41) is 28.3. The summed E-state index contributed by atoms with van der Waals surface area (Å²) >= 11 is 0. The van der Waals surface area contributed by atoms with Crippen LogP contribution in [0, 0.1) is 0 Å². The SMILES string of the molecule is O=C(O)c1ccc2nc(CN3CCC(n4ccc(COc5ccccc5)n4)CC3)n(C[C@@H]3CCO3)c2c1.O=C(O)c1ccc2nc(CN3CCC(n4nccc4COc4ccccc4)CC3)n(C[C@@H]3CCO3)c2c1. The van der Waals surface area contributed by atoms with Gasteiger partial charge >= 0.3 is 11.9 Å². The fourth-order valence-corrected chi connectivity index (χ4v) is 10.4. The lowest BCUT2D eigenvalue weighted by molar-refractivity contribution is -0.0593. The van der Waals surface area contributed by atoms with E-state index in [2.05, 4.69) is 39.6 Å². The van der Waals surface area contributed by atoms with Crippen molar-refractivity contribution in [1.82, 2.24) is 48.5 Å². The van der Waals surface area contributed by atoms with Crippen LogP contribution >= 0.6 is 0 Å². The van der Waals surface area contributed by atoms with Crippen LogP contribution in [-0.2, 0) is 48.9 Å². The lowest BCUT2D eigenvalue weighted by atomic mass is 10.0. The highest BCUT2D eigenvalue weighted by Gasteiger charge is 2.29. The Morgan fingerprint density at radius 1 is 0.595 bits per heavy atom. The first-order chi connectivity index (χ1) is 36.3. The summed E-state index contributed by atoms with van der Waals surface area (Å²) in [6, 6.07) is 34.8. The van der Waals surface area contributed by atoms with Crippen molar-refractivity contribution in [3.05, 3.63) is 156 Å². The largest absolute Gasteiger partial charge is 0.487 e. The zero-order valence-electron chi connectivity index (χ0n) is 41.4. The lowest BCUT2D eigenvalue weighted by Gasteiger charge is -2.33. The number of carboxylic acid groups (broad SMARTS) is 2. The average Bonchev–Trinajstić information content (AvgIpc) is 4.22. The van der Waals surface area contributed by atoms with Crippen LogP contribution in [0.1, 0.15) is 94.4 Å². The van der Waals surface area contributed by atoms with Crippen molar-refractivity contribution >= 4 is 34.0 Å². The number of benzene rings is 4. The topological polar surface area (TPSA) is 189 Å². The molecule has 0 aliphatic carbocycles. The molecule has 0 spiro atoms. The molecule has 4 aromatic heterocycles. The second kappa shape index (κ2) is 22.4. The summed E-state index contributed by atoms with van der Waals surface area (Å²) < 4.78 is 31.7. The third-order valence-electron chi connectivity index (χ3n) is 14.7. The number of fused-ring (bicyclic) bond motifs is 2. The van der Waals surface area contributed by atoms with Crippen molar-refractivity contribution in [1.29, 1.82) is 0 Å². The maximum Gasteiger partial charge on any atom is 0.335 e. The van der Waals surface area contributed by atoms with Gasteiger partial charge in [0.2, 0.25) is 0 Å². The Bertz CT molecular complexity index is 3160. The van der Waals surface area contributed by atoms with Crippen LogP contribution in [0.25, 0.3) is 22.1 Å². The van der Waals surface area contributed by atoms with Gasteiger partial charge in [0.05, 0.1) is 95.1 Å². The van der Waals surface area contributed by atoms with E-state index in [0.29, 0.717) is 38.4 Å². The smallest absolute Gasteiger partial charge is 0.335 e. The normalized spacial score (nSPS) is 18.6. The molecule has 384 valence electrons. The lowest BCUT2D eigenvalue weighted by Crippen LogP contribution is -2.36. The zero-order chi connectivity index (χ0) is 50.4. The maximum absolute atomic E-state index is 11.6. The fourth-order valence-electron chi connectivity index (χ4n) is 10.4. The zero-order valence-corrected chi connectivity index (χ0v) is 41.4. The Morgan fingerprint density at radius 3 is 1.58 bits per heavy atom. The van der Waals surface area contributed by atoms with Gasteiger partial charge in [0.15, 0.2) is 0 Å². The number of rotatable bonds is 18. The first-order valence-electron chi connectivity index (χ1n) is 25.8. The number of ether oxygens (including phenoxy) is 4. The monoisotopic (exact) mass is 1000 g/mol. The third kappa shape index (κ3) is 11.4. The molecule has 8 heterocycles. The van der Waals surface area contributed by atoms with Crippen LogP contribution in [0.2, 0.25) is 0 Å². The van der Waals surface area contributed by atoms with E-state index in [1.807, 2.05) is 91.1 Å². The third-order valence-corrected chi connectivity index (χ3v) is 14.7. The van der Waals surface area contributed by atoms with E-state index in [0.717, 1.165) is 148 Å². The van der Waals surface area contributed by atoms with Crippen LogP contribution in [-0.4, -0.2) is 122 Å². The van der Waals surface area contributed by atoms with Crippen LogP contribution in [0.4, 0.5) is 0 Å². The number of hydrogen-bond donors (Lipinski definition) is 2. The summed E-state index contributed by atoms with van der Waals surface area (Å²) in [5.74, 6) is 1.78. The van der Waals surface area contributed by atoms with E-state index in [1.165, 1.54) is 0 Å². The summed E-state index contributed by atoms with van der Waals surface area (Å²) in [6.07, 6.45) is 10.3. The van der Waals surface area contributed by atoms with E-state index in [-0.39, 0.29) is 23.3 Å². The molecule has 2 atom stereocenters. The van der Waals surface area contributed by atoms with Crippen LogP contribution < -0.4 is 9.47 Å². The molecule has 0 amide bonds. The Kier molecular flexibility index (Phi) is 14.8. The maximum atomic E-state index is 11.6. The number of nitrogens with zero attached hydrogens (tertiary/aromatic N) is 10. The average molecular weight is 1000 g/mol. The number of hydrogen-bond acceptors (Lipinski definition) is 12. The highest BCUT2D eigenvalue weighted by atomic mass is 16.5. The number of piperidine rings is 2. The van der Waals surface area contributed by atoms with Gasteiger partial charge in [-0.05, 0) is 111 Å². The summed E-state index contributed by atoms with van der Waals surface area (Å²) in [5.41, 5.74) is 5.95. The number of aromatic nitrogens is 8. The van der Waals surface area contributed by atoms with E-state index in [4.69, 9.17) is 34.0 Å². The molecule has 4 aromatic carbocycles. The fraction of sp³-hybridized carbons (Fsp3) is 0.393. The molecule has 2 N–H and O–H groups in total.